The van der Waals surface area contributed by atoms with Crippen LogP contribution >= 0.6 is 22.9 Å². The lowest BCUT2D eigenvalue weighted by molar-refractivity contribution is -0.117. The van der Waals surface area contributed by atoms with Gasteiger partial charge in [-0.15, -0.1) is 11.3 Å². The molecule has 2 aromatic heterocycles. The molecule has 0 aliphatic carbocycles. The van der Waals surface area contributed by atoms with Gasteiger partial charge in [-0.25, -0.2) is 0 Å². The van der Waals surface area contributed by atoms with Gasteiger partial charge in [0, 0.05) is 16.1 Å². The maximum atomic E-state index is 12.7. The Balaban J connectivity index is 1.53. The summed E-state index contributed by atoms with van der Waals surface area (Å²) in [6.45, 7) is 2.54. The summed E-state index contributed by atoms with van der Waals surface area (Å²) >= 11 is 7.37. The molecule has 0 bridgehead atoms. The van der Waals surface area contributed by atoms with Gasteiger partial charge in [0.05, 0.1) is 23.5 Å². The van der Waals surface area contributed by atoms with Crippen LogP contribution in [0.2, 0.25) is 5.02 Å². The summed E-state index contributed by atoms with van der Waals surface area (Å²) < 4.78 is 1.91. The second-order valence-electron chi connectivity index (χ2n) is 6.99. The van der Waals surface area contributed by atoms with Crippen LogP contribution in [0, 0.1) is 6.92 Å². The van der Waals surface area contributed by atoms with Crippen molar-refractivity contribution in [3.8, 4) is 0 Å². The molecule has 0 spiro atoms. The van der Waals surface area contributed by atoms with E-state index in [1.165, 1.54) is 11.3 Å². The minimum absolute atomic E-state index is 0.175. The van der Waals surface area contributed by atoms with Crippen LogP contribution in [0.1, 0.15) is 26.5 Å². The third-order valence-corrected chi connectivity index (χ3v) is 6.07. The van der Waals surface area contributed by atoms with E-state index < -0.39 is 0 Å². The lowest BCUT2D eigenvalue weighted by Crippen LogP contribution is -2.14. The second-order valence-corrected chi connectivity index (χ2v) is 8.46. The summed E-state index contributed by atoms with van der Waals surface area (Å²) in [7, 11) is 0. The van der Waals surface area contributed by atoms with E-state index in [0.29, 0.717) is 22.1 Å². The van der Waals surface area contributed by atoms with Gasteiger partial charge in [-0.3, -0.25) is 14.3 Å². The Bertz CT molecular complexity index is 1230. The molecule has 0 fully saturated rings. The zero-order valence-corrected chi connectivity index (χ0v) is 17.8. The lowest BCUT2D eigenvalue weighted by atomic mass is 10.1. The van der Waals surface area contributed by atoms with Gasteiger partial charge in [-0.05, 0) is 48.4 Å². The Labute approximate surface area is 182 Å². The van der Waals surface area contributed by atoms with Crippen molar-refractivity contribution in [1.82, 2.24) is 9.78 Å². The number of carbonyl (C=O) groups excluding carboxylic acids is 2. The monoisotopic (exact) mass is 438 g/mol. The second kappa shape index (κ2) is 8.30. The molecule has 6 nitrogen and oxygen atoms in total. The Morgan fingerprint density at radius 1 is 1.10 bits per heavy atom. The number of halogens is 1. The minimum Gasteiger partial charge on any atom is -0.369 e. The number of benzene rings is 2. The quantitative estimate of drug-likeness (QED) is 0.467. The van der Waals surface area contributed by atoms with Crippen LogP contribution in [0.3, 0.4) is 0 Å². The van der Waals surface area contributed by atoms with Crippen LogP contribution in [-0.4, -0.2) is 21.6 Å². The van der Waals surface area contributed by atoms with Crippen LogP contribution < -0.4 is 11.1 Å². The fourth-order valence-corrected chi connectivity index (χ4v) is 4.38. The van der Waals surface area contributed by atoms with Crippen LogP contribution in [0.15, 0.2) is 54.6 Å². The molecule has 0 radical (unpaired) electrons. The topological polar surface area (TPSA) is 90.0 Å². The van der Waals surface area contributed by atoms with Crippen LogP contribution in [0.5, 0.6) is 0 Å². The molecule has 4 rings (SSSR count). The molecular formula is C22H19ClN4O2S. The van der Waals surface area contributed by atoms with Crippen molar-refractivity contribution in [3.63, 3.8) is 0 Å². The first-order valence-corrected chi connectivity index (χ1v) is 10.5. The average molecular weight is 439 g/mol. The Kier molecular flexibility index (Phi) is 5.57. The summed E-state index contributed by atoms with van der Waals surface area (Å²) in [5.74, 6) is -0.573. The Morgan fingerprint density at radius 3 is 2.43 bits per heavy atom. The average Bonchev–Trinajstić information content (AvgIpc) is 3.26. The summed E-state index contributed by atoms with van der Waals surface area (Å²) in [5.41, 5.74) is 8.63. The molecule has 2 amide bonds. The van der Waals surface area contributed by atoms with Crippen LogP contribution in [0.25, 0.3) is 10.2 Å². The van der Waals surface area contributed by atoms with Crippen molar-refractivity contribution < 1.29 is 9.59 Å². The molecule has 2 heterocycles. The number of aromatic nitrogens is 2. The van der Waals surface area contributed by atoms with Crippen molar-refractivity contribution in [3.05, 3.63) is 81.3 Å². The maximum absolute atomic E-state index is 12.7. The van der Waals surface area contributed by atoms with Gasteiger partial charge in [0.15, 0.2) is 0 Å². The highest BCUT2D eigenvalue weighted by atomic mass is 35.5. The van der Waals surface area contributed by atoms with E-state index >= 15 is 0 Å². The highest BCUT2D eigenvalue weighted by Gasteiger charge is 2.17. The fourth-order valence-electron chi connectivity index (χ4n) is 3.19. The van der Waals surface area contributed by atoms with E-state index in [1.807, 2.05) is 41.9 Å². The molecule has 2 aromatic carbocycles. The third-order valence-electron chi connectivity index (χ3n) is 4.67. The number of hydrogen-bond acceptors (Lipinski definition) is 4. The maximum Gasteiger partial charge on any atom is 0.265 e. The van der Waals surface area contributed by atoms with E-state index in [-0.39, 0.29) is 18.2 Å². The number of thiophene rings is 1. The smallest absolute Gasteiger partial charge is 0.265 e. The number of amides is 2. The number of anilines is 1. The van der Waals surface area contributed by atoms with Gasteiger partial charge in [-0.1, -0.05) is 35.9 Å². The van der Waals surface area contributed by atoms with E-state index in [2.05, 4.69) is 10.4 Å². The Hall–Kier alpha value is -3.16. The number of rotatable bonds is 6. The molecule has 0 saturated heterocycles. The van der Waals surface area contributed by atoms with Crippen molar-refractivity contribution in [2.24, 2.45) is 5.73 Å². The largest absolute Gasteiger partial charge is 0.369 e. The zero-order chi connectivity index (χ0) is 21.3. The van der Waals surface area contributed by atoms with Gasteiger partial charge in [-0.2, -0.15) is 5.10 Å². The molecular weight excluding hydrogens is 420 g/mol. The summed E-state index contributed by atoms with van der Waals surface area (Å²) in [5, 5.41) is 9.17. The summed E-state index contributed by atoms with van der Waals surface area (Å²) in [4.78, 5) is 25.3. The predicted molar refractivity (Wildman–Crippen MR) is 120 cm³/mol. The highest BCUT2D eigenvalue weighted by Crippen LogP contribution is 2.29. The highest BCUT2D eigenvalue weighted by molar-refractivity contribution is 7.20. The molecule has 0 atom stereocenters. The van der Waals surface area contributed by atoms with Crippen molar-refractivity contribution in [1.29, 1.82) is 0 Å². The van der Waals surface area contributed by atoms with Gasteiger partial charge in [0.1, 0.15) is 4.83 Å². The van der Waals surface area contributed by atoms with Crippen molar-refractivity contribution >= 4 is 50.7 Å². The van der Waals surface area contributed by atoms with E-state index in [4.69, 9.17) is 17.3 Å². The summed E-state index contributed by atoms with van der Waals surface area (Å²) in [6, 6.07) is 16.6. The molecule has 0 unspecified atom stereocenters. The SMILES string of the molecule is Cc1nn(Cc2ccc(Cl)cc2)c2sc(C(=O)Nc3ccc(CC(N)=O)cc3)cc12. The van der Waals surface area contributed by atoms with Gasteiger partial charge < -0.3 is 11.1 Å². The van der Waals surface area contributed by atoms with E-state index in [9.17, 15) is 9.59 Å². The number of nitrogens with zero attached hydrogens (tertiary/aromatic N) is 2. The standard InChI is InChI=1S/C22H19ClN4O2S/c1-13-18-11-19(21(29)25-17-8-4-14(5-9-17)10-20(24)28)30-22(18)27(26-13)12-15-2-6-16(23)7-3-15/h2-9,11H,10,12H2,1H3,(H2,24,28)(H,25,29). The molecule has 0 aliphatic rings. The molecule has 152 valence electrons. The number of nitrogens with two attached hydrogens (primary N) is 1. The first-order chi connectivity index (χ1) is 14.4. The number of primary amides is 1. The molecule has 8 heteroatoms. The van der Waals surface area contributed by atoms with Crippen LogP contribution in [0.4, 0.5) is 5.69 Å². The number of aryl methyl sites for hydroxylation is 1. The zero-order valence-electron chi connectivity index (χ0n) is 16.2. The normalized spacial score (nSPS) is 11.0. The molecule has 0 aliphatic heterocycles. The molecule has 30 heavy (non-hydrogen) atoms. The molecule has 0 saturated carbocycles. The van der Waals surface area contributed by atoms with E-state index in [1.54, 1.807) is 24.3 Å². The lowest BCUT2D eigenvalue weighted by Gasteiger charge is -2.05. The van der Waals surface area contributed by atoms with Gasteiger partial charge in [0.25, 0.3) is 5.91 Å². The first-order valence-electron chi connectivity index (χ1n) is 9.29. The summed E-state index contributed by atoms with van der Waals surface area (Å²) in [6.07, 6.45) is 0.175. The van der Waals surface area contributed by atoms with Crippen molar-refractivity contribution in [2.75, 3.05) is 5.32 Å². The van der Waals surface area contributed by atoms with E-state index in [0.717, 1.165) is 27.0 Å². The molecule has 4 aromatic rings. The third kappa shape index (κ3) is 4.37. The predicted octanol–water partition coefficient (Wildman–Crippen LogP) is 4.39. The first kappa shape index (κ1) is 20.1. The number of fused-ring (bicyclic) bond motifs is 1. The number of hydrogen-bond donors (Lipinski definition) is 2. The fraction of sp³-hybridized carbons (Fsp3) is 0.136. The number of carbonyl (C=O) groups is 2. The van der Waals surface area contributed by atoms with Crippen molar-refractivity contribution in [2.45, 2.75) is 19.9 Å². The molecule has 3 N–H and O–H groups in total. The Morgan fingerprint density at radius 2 is 1.77 bits per heavy atom. The minimum atomic E-state index is -0.389. The van der Waals surface area contributed by atoms with Gasteiger partial charge >= 0.3 is 0 Å². The number of nitrogens with one attached hydrogen (secondary N) is 1. The van der Waals surface area contributed by atoms with Crippen LogP contribution in [-0.2, 0) is 17.8 Å². The van der Waals surface area contributed by atoms with Gasteiger partial charge in [0.2, 0.25) is 5.91 Å².